The molecule has 1 N–H and O–H groups in total. The van der Waals surface area contributed by atoms with E-state index in [-0.39, 0.29) is 17.1 Å². The summed E-state index contributed by atoms with van der Waals surface area (Å²) < 4.78 is 39.9. The van der Waals surface area contributed by atoms with E-state index in [1.807, 2.05) is 24.3 Å². The predicted molar refractivity (Wildman–Crippen MR) is 88.7 cm³/mol. The number of hydrogen-bond donors (Lipinski definition) is 1. The van der Waals surface area contributed by atoms with Crippen LogP contribution in [-0.4, -0.2) is 33.3 Å². The molecule has 0 aromatic heterocycles. The Hall–Kier alpha value is -2.83. The number of halogens is 2. The quantitative estimate of drug-likeness (QED) is 0.793. The van der Waals surface area contributed by atoms with E-state index in [9.17, 15) is 13.6 Å². The average Bonchev–Trinajstić information content (AvgIpc) is 2.61. The molecule has 0 aliphatic carbocycles. The smallest absolute Gasteiger partial charge is 0.387 e. The van der Waals surface area contributed by atoms with Crippen molar-refractivity contribution in [2.24, 2.45) is 0 Å². The lowest BCUT2D eigenvalue weighted by molar-refractivity contribution is -0.0515. The lowest BCUT2D eigenvalue weighted by Crippen LogP contribution is -2.26. The molecule has 0 saturated heterocycles. The molecule has 0 heterocycles. The van der Waals surface area contributed by atoms with Gasteiger partial charge in [0.1, 0.15) is 5.75 Å². The first kappa shape index (κ1) is 18.5. The van der Waals surface area contributed by atoms with Gasteiger partial charge < -0.3 is 19.5 Å². The number of carbonyl (C=O) groups excluding carboxylic acids is 1. The number of rotatable bonds is 8. The summed E-state index contributed by atoms with van der Waals surface area (Å²) in [5.74, 6) is -0.0169. The maximum atomic E-state index is 12.6. The Morgan fingerprint density at radius 1 is 1.04 bits per heavy atom. The van der Waals surface area contributed by atoms with Crippen LogP contribution in [0.15, 0.2) is 42.5 Å². The van der Waals surface area contributed by atoms with Gasteiger partial charge in [-0.15, -0.1) is 0 Å². The third-order valence-electron chi connectivity index (χ3n) is 3.52. The number of carbonyl (C=O) groups is 1. The molecule has 0 bridgehead atoms. The molecule has 25 heavy (non-hydrogen) atoms. The van der Waals surface area contributed by atoms with Gasteiger partial charge in [-0.05, 0) is 30.2 Å². The highest BCUT2D eigenvalue weighted by Gasteiger charge is 2.20. The molecule has 134 valence electrons. The van der Waals surface area contributed by atoms with Crippen molar-refractivity contribution in [3.05, 3.63) is 53.6 Å². The number of nitrogens with one attached hydrogen (secondary N) is 1. The number of alkyl halides is 2. The molecule has 0 fully saturated rings. The molecule has 0 aliphatic rings. The second-order valence-electron chi connectivity index (χ2n) is 5.03. The van der Waals surface area contributed by atoms with Gasteiger partial charge in [0.2, 0.25) is 0 Å². The molecule has 7 heteroatoms. The molecule has 0 unspecified atom stereocenters. The SMILES string of the molecule is COc1ccccc1CCNC(=O)c1cccc(OC)c1OC(F)F. The summed E-state index contributed by atoms with van der Waals surface area (Å²) in [4.78, 5) is 12.3. The summed E-state index contributed by atoms with van der Waals surface area (Å²) in [6, 6.07) is 11.8. The van der Waals surface area contributed by atoms with E-state index in [1.54, 1.807) is 7.11 Å². The van der Waals surface area contributed by atoms with Crippen LogP contribution >= 0.6 is 0 Å². The Morgan fingerprint density at radius 3 is 2.40 bits per heavy atom. The van der Waals surface area contributed by atoms with Crippen LogP contribution in [0.5, 0.6) is 17.2 Å². The minimum atomic E-state index is -3.06. The normalized spacial score (nSPS) is 10.4. The summed E-state index contributed by atoms with van der Waals surface area (Å²) in [5.41, 5.74) is 0.916. The Kier molecular flexibility index (Phi) is 6.56. The summed E-state index contributed by atoms with van der Waals surface area (Å²) in [6.07, 6.45) is 0.532. The van der Waals surface area contributed by atoms with Gasteiger partial charge in [-0.2, -0.15) is 8.78 Å². The number of ether oxygens (including phenoxy) is 3. The van der Waals surface area contributed by atoms with E-state index in [0.717, 1.165) is 11.3 Å². The van der Waals surface area contributed by atoms with E-state index in [1.165, 1.54) is 25.3 Å². The van der Waals surface area contributed by atoms with Crippen LogP contribution in [0.4, 0.5) is 8.78 Å². The molecule has 2 aromatic carbocycles. The third-order valence-corrected chi connectivity index (χ3v) is 3.52. The van der Waals surface area contributed by atoms with E-state index in [4.69, 9.17) is 9.47 Å². The number of para-hydroxylation sites is 2. The molecular formula is C18H19F2NO4. The molecule has 2 rings (SSSR count). The van der Waals surface area contributed by atoms with E-state index < -0.39 is 12.5 Å². The van der Waals surface area contributed by atoms with Crippen LogP contribution in [0.1, 0.15) is 15.9 Å². The van der Waals surface area contributed by atoms with Gasteiger partial charge >= 0.3 is 6.61 Å². The lowest BCUT2D eigenvalue weighted by atomic mass is 10.1. The van der Waals surface area contributed by atoms with Gasteiger partial charge in [0.05, 0.1) is 19.8 Å². The molecule has 0 saturated carbocycles. The van der Waals surface area contributed by atoms with Gasteiger partial charge in [-0.3, -0.25) is 4.79 Å². The molecule has 1 amide bonds. The maximum Gasteiger partial charge on any atom is 0.387 e. The highest BCUT2D eigenvalue weighted by atomic mass is 19.3. The first-order chi connectivity index (χ1) is 12.1. The second-order valence-corrected chi connectivity index (χ2v) is 5.03. The molecular weight excluding hydrogens is 332 g/mol. The van der Waals surface area contributed by atoms with Gasteiger partial charge in [0, 0.05) is 6.54 Å². The predicted octanol–water partition coefficient (Wildman–Crippen LogP) is 3.28. The van der Waals surface area contributed by atoms with Crippen molar-refractivity contribution in [1.29, 1.82) is 0 Å². The fraction of sp³-hybridized carbons (Fsp3) is 0.278. The molecule has 0 radical (unpaired) electrons. The summed E-state index contributed by atoms with van der Waals surface area (Å²) >= 11 is 0. The van der Waals surface area contributed by atoms with Crippen molar-refractivity contribution in [1.82, 2.24) is 5.32 Å². The topological polar surface area (TPSA) is 56.8 Å². The zero-order valence-electron chi connectivity index (χ0n) is 13.9. The van der Waals surface area contributed by atoms with Gasteiger partial charge in [-0.1, -0.05) is 24.3 Å². The second kappa shape index (κ2) is 8.86. The van der Waals surface area contributed by atoms with Crippen LogP contribution < -0.4 is 19.5 Å². The molecule has 0 spiro atoms. The largest absolute Gasteiger partial charge is 0.496 e. The van der Waals surface area contributed by atoms with E-state index >= 15 is 0 Å². The fourth-order valence-electron chi connectivity index (χ4n) is 2.38. The van der Waals surface area contributed by atoms with Gasteiger partial charge in [0.15, 0.2) is 11.5 Å². The number of benzene rings is 2. The Bertz CT molecular complexity index is 722. The minimum absolute atomic E-state index is 0.0142. The van der Waals surface area contributed by atoms with Crippen molar-refractivity contribution in [3.8, 4) is 17.2 Å². The van der Waals surface area contributed by atoms with Gasteiger partial charge in [0.25, 0.3) is 5.91 Å². The van der Waals surface area contributed by atoms with Crippen LogP contribution in [0.25, 0.3) is 0 Å². The molecule has 0 aliphatic heterocycles. The molecule has 0 atom stereocenters. The third kappa shape index (κ3) is 4.82. The highest BCUT2D eigenvalue weighted by molar-refractivity contribution is 5.97. The molecule has 2 aromatic rings. The zero-order chi connectivity index (χ0) is 18.2. The van der Waals surface area contributed by atoms with Crippen molar-refractivity contribution in [2.45, 2.75) is 13.0 Å². The Balaban J connectivity index is 2.08. The van der Waals surface area contributed by atoms with Crippen molar-refractivity contribution >= 4 is 5.91 Å². The number of amides is 1. The van der Waals surface area contributed by atoms with Gasteiger partial charge in [-0.25, -0.2) is 0 Å². The lowest BCUT2D eigenvalue weighted by Gasteiger charge is -2.14. The Labute approximate surface area is 144 Å². The van der Waals surface area contributed by atoms with E-state index in [2.05, 4.69) is 10.1 Å². The summed E-state index contributed by atoms with van der Waals surface area (Å²) in [7, 11) is 2.89. The summed E-state index contributed by atoms with van der Waals surface area (Å²) in [5, 5.41) is 2.69. The zero-order valence-corrected chi connectivity index (χ0v) is 13.9. The first-order valence-electron chi connectivity index (χ1n) is 7.58. The monoisotopic (exact) mass is 351 g/mol. The highest BCUT2D eigenvalue weighted by Crippen LogP contribution is 2.32. The van der Waals surface area contributed by atoms with Crippen LogP contribution in [0.2, 0.25) is 0 Å². The molecule has 5 nitrogen and oxygen atoms in total. The minimum Gasteiger partial charge on any atom is -0.496 e. The van der Waals surface area contributed by atoms with E-state index in [0.29, 0.717) is 13.0 Å². The van der Waals surface area contributed by atoms with Crippen LogP contribution in [0.3, 0.4) is 0 Å². The van der Waals surface area contributed by atoms with Crippen LogP contribution in [-0.2, 0) is 6.42 Å². The number of hydrogen-bond acceptors (Lipinski definition) is 4. The van der Waals surface area contributed by atoms with Crippen molar-refractivity contribution < 1.29 is 27.8 Å². The van der Waals surface area contributed by atoms with Crippen molar-refractivity contribution in [2.75, 3.05) is 20.8 Å². The fourth-order valence-corrected chi connectivity index (χ4v) is 2.38. The maximum absolute atomic E-state index is 12.6. The first-order valence-corrected chi connectivity index (χ1v) is 7.58. The Morgan fingerprint density at radius 2 is 1.72 bits per heavy atom. The van der Waals surface area contributed by atoms with Crippen molar-refractivity contribution in [3.63, 3.8) is 0 Å². The standard InChI is InChI=1S/C18H19F2NO4/c1-23-14-8-4-3-6-12(14)10-11-21-17(22)13-7-5-9-15(24-2)16(13)25-18(19)20/h3-9,18H,10-11H2,1-2H3,(H,21,22). The van der Waals surface area contributed by atoms with Crippen LogP contribution in [0, 0.1) is 0 Å². The summed E-state index contributed by atoms with van der Waals surface area (Å²) in [6.45, 7) is -2.75. The average molecular weight is 351 g/mol. The number of methoxy groups -OCH3 is 2.